The minimum Gasteiger partial charge on any atom is -0.381 e. The first-order chi connectivity index (χ1) is 9.65. The molecule has 106 valence electrons. The molecule has 2 heterocycles. The Morgan fingerprint density at radius 1 is 1.30 bits per heavy atom. The lowest BCUT2D eigenvalue weighted by Gasteiger charge is -2.19. The Kier molecular flexibility index (Phi) is 3.50. The zero-order valence-corrected chi connectivity index (χ0v) is 10.8. The zero-order chi connectivity index (χ0) is 14.1. The maximum atomic E-state index is 13.3. The summed E-state index contributed by atoms with van der Waals surface area (Å²) >= 11 is 0. The largest absolute Gasteiger partial charge is 0.381 e. The maximum absolute atomic E-state index is 13.3. The van der Waals surface area contributed by atoms with Crippen LogP contribution in [0.1, 0.15) is 18.2 Å². The van der Waals surface area contributed by atoms with Gasteiger partial charge in [0.15, 0.2) is 0 Å². The summed E-state index contributed by atoms with van der Waals surface area (Å²) in [5.74, 6) is -1.06. The Bertz CT molecular complexity index is 588. The summed E-state index contributed by atoms with van der Waals surface area (Å²) in [6.45, 7) is 1.30. The van der Waals surface area contributed by atoms with Gasteiger partial charge in [0.1, 0.15) is 11.6 Å². The molecular formula is C14H15F2N3O. The first kappa shape index (κ1) is 13.2. The van der Waals surface area contributed by atoms with Crippen molar-refractivity contribution in [2.75, 3.05) is 13.2 Å². The number of nitrogens with zero attached hydrogens (tertiary/aromatic N) is 2. The van der Waals surface area contributed by atoms with Crippen LogP contribution in [-0.2, 0) is 4.74 Å². The van der Waals surface area contributed by atoms with Gasteiger partial charge in [-0.05, 0) is 18.6 Å². The highest BCUT2D eigenvalue weighted by Gasteiger charge is 2.26. The summed E-state index contributed by atoms with van der Waals surface area (Å²) in [5, 5.41) is 0. The molecule has 2 atom stereocenters. The smallest absolute Gasteiger partial charge is 0.128 e. The van der Waals surface area contributed by atoms with Crippen molar-refractivity contribution in [3.8, 4) is 5.69 Å². The fourth-order valence-corrected chi connectivity index (χ4v) is 2.52. The van der Waals surface area contributed by atoms with Crippen LogP contribution >= 0.6 is 0 Å². The van der Waals surface area contributed by atoms with E-state index in [1.807, 2.05) is 0 Å². The van der Waals surface area contributed by atoms with Gasteiger partial charge >= 0.3 is 0 Å². The molecule has 0 bridgehead atoms. The van der Waals surface area contributed by atoms with E-state index in [-0.39, 0.29) is 12.0 Å². The summed E-state index contributed by atoms with van der Waals surface area (Å²) in [6.07, 6.45) is 4.02. The van der Waals surface area contributed by atoms with Crippen molar-refractivity contribution in [1.29, 1.82) is 0 Å². The summed E-state index contributed by atoms with van der Waals surface area (Å²) in [7, 11) is 0. The fourth-order valence-electron chi connectivity index (χ4n) is 2.52. The Balaban J connectivity index is 1.96. The number of hydrogen-bond acceptors (Lipinski definition) is 3. The maximum Gasteiger partial charge on any atom is 0.128 e. The molecular weight excluding hydrogens is 264 g/mol. The Hall–Kier alpha value is -1.79. The lowest BCUT2D eigenvalue weighted by Crippen LogP contribution is -2.24. The molecule has 1 aliphatic heterocycles. The predicted molar refractivity (Wildman–Crippen MR) is 69.3 cm³/mol. The number of rotatable bonds is 3. The van der Waals surface area contributed by atoms with Crippen LogP contribution in [0.3, 0.4) is 0 Å². The molecule has 0 radical (unpaired) electrons. The van der Waals surface area contributed by atoms with Crippen molar-refractivity contribution in [3.05, 3.63) is 48.1 Å². The monoisotopic (exact) mass is 279 g/mol. The highest BCUT2D eigenvalue weighted by Crippen LogP contribution is 2.28. The molecule has 1 aromatic carbocycles. The third-order valence-electron chi connectivity index (χ3n) is 3.61. The second-order valence-corrected chi connectivity index (χ2v) is 4.97. The van der Waals surface area contributed by atoms with Gasteiger partial charge in [0.05, 0.1) is 36.6 Å². The van der Waals surface area contributed by atoms with Crippen LogP contribution in [0.4, 0.5) is 8.78 Å². The normalized spacial score (nSPS) is 20.2. The van der Waals surface area contributed by atoms with Gasteiger partial charge in [-0.1, -0.05) is 0 Å². The van der Waals surface area contributed by atoms with Gasteiger partial charge in [0.25, 0.3) is 0 Å². The topological polar surface area (TPSA) is 53.1 Å². The molecule has 1 aromatic heterocycles. The molecule has 2 aromatic rings. The molecule has 20 heavy (non-hydrogen) atoms. The molecule has 4 nitrogen and oxygen atoms in total. The van der Waals surface area contributed by atoms with E-state index in [9.17, 15) is 8.78 Å². The van der Waals surface area contributed by atoms with Gasteiger partial charge in [-0.2, -0.15) is 0 Å². The molecule has 6 heteroatoms. The van der Waals surface area contributed by atoms with Crippen LogP contribution in [-0.4, -0.2) is 22.8 Å². The molecule has 3 rings (SSSR count). The van der Waals surface area contributed by atoms with Crippen molar-refractivity contribution < 1.29 is 13.5 Å². The average molecular weight is 279 g/mol. The van der Waals surface area contributed by atoms with Crippen LogP contribution in [0, 0.1) is 17.6 Å². The van der Waals surface area contributed by atoms with Crippen molar-refractivity contribution in [2.24, 2.45) is 11.7 Å². The van der Waals surface area contributed by atoms with Gasteiger partial charge in [0, 0.05) is 18.6 Å². The molecule has 2 N–H and O–H groups in total. The van der Waals surface area contributed by atoms with Gasteiger partial charge < -0.3 is 15.0 Å². The number of halogens is 2. The minimum absolute atomic E-state index is 0.198. The third kappa shape index (κ3) is 2.44. The standard InChI is InChI=1S/C14H15F2N3O/c15-10-3-11(16)5-12(4-10)19-8-18-6-13(19)14(17)9-1-2-20-7-9/h3-6,8-9,14H,1-2,7,17H2. The van der Waals surface area contributed by atoms with Crippen LogP contribution in [0.2, 0.25) is 0 Å². The molecule has 1 saturated heterocycles. The summed E-state index contributed by atoms with van der Waals surface area (Å²) in [4.78, 5) is 4.05. The van der Waals surface area contributed by atoms with E-state index in [1.165, 1.54) is 18.5 Å². The van der Waals surface area contributed by atoms with E-state index in [2.05, 4.69) is 4.98 Å². The van der Waals surface area contributed by atoms with E-state index in [0.717, 1.165) is 18.2 Å². The molecule has 0 saturated carbocycles. The quantitative estimate of drug-likeness (QED) is 0.937. The minimum atomic E-state index is -0.627. The van der Waals surface area contributed by atoms with Gasteiger partial charge in [-0.15, -0.1) is 0 Å². The number of ether oxygens (including phenoxy) is 1. The lowest BCUT2D eigenvalue weighted by molar-refractivity contribution is 0.180. The van der Waals surface area contributed by atoms with Crippen LogP contribution in [0.5, 0.6) is 0 Å². The van der Waals surface area contributed by atoms with Crippen LogP contribution in [0.15, 0.2) is 30.7 Å². The average Bonchev–Trinajstić information content (AvgIpc) is 3.08. The number of imidazole rings is 1. The molecule has 0 amide bonds. The van der Waals surface area contributed by atoms with Gasteiger partial charge in [0.2, 0.25) is 0 Å². The second kappa shape index (κ2) is 5.30. The first-order valence-electron chi connectivity index (χ1n) is 6.47. The predicted octanol–water partition coefficient (Wildman–Crippen LogP) is 2.19. The van der Waals surface area contributed by atoms with E-state index in [0.29, 0.717) is 18.9 Å². The highest BCUT2D eigenvalue weighted by molar-refractivity contribution is 5.35. The van der Waals surface area contributed by atoms with E-state index < -0.39 is 11.6 Å². The van der Waals surface area contributed by atoms with Crippen molar-refractivity contribution >= 4 is 0 Å². The van der Waals surface area contributed by atoms with Crippen molar-refractivity contribution in [3.63, 3.8) is 0 Å². The third-order valence-corrected chi connectivity index (χ3v) is 3.61. The Labute approximate surface area is 115 Å². The number of aromatic nitrogens is 2. The molecule has 2 unspecified atom stereocenters. The van der Waals surface area contributed by atoms with E-state index in [1.54, 1.807) is 10.8 Å². The fraction of sp³-hybridized carbons (Fsp3) is 0.357. The van der Waals surface area contributed by atoms with Crippen LogP contribution < -0.4 is 5.73 Å². The Morgan fingerprint density at radius 2 is 2.05 bits per heavy atom. The highest BCUT2D eigenvalue weighted by atomic mass is 19.1. The summed E-state index contributed by atoms with van der Waals surface area (Å²) in [5.41, 5.74) is 7.34. The Morgan fingerprint density at radius 3 is 2.70 bits per heavy atom. The van der Waals surface area contributed by atoms with Gasteiger partial charge in [-0.25, -0.2) is 13.8 Å². The van der Waals surface area contributed by atoms with Gasteiger partial charge in [-0.3, -0.25) is 0 Å². The SMILES string of the molecule is NC(c1cncn1-c1cc(F)cc(F)c1)C1CCOC1. The van der Waals surface area contributed by atoms with E-state index >= 15 is 0 Å². The molecule has 0 aliphatic carbocycles. The van der Waals surface area contributed by atoms with Crippen LogP contribution in [0.25, 0.3) is 5.69 Å². The zero-order valence-electron chi connectivity index (χ0n) is 10.8. The molecule has 1 fully saturated rings. The number of hydrogen-bond donors (Lipinski definition) is 1. The van der Waals surface area contributed by atoms with Crippen molar-refractivity contribution in [1.82, 2.24) is 9.55 Å². The molecule has 1 aliphatic rings. The second-order valence-electron chi connectivity index (χ2n) is 4.97. The number of nitrogens with two attached hydrogens (primary N) is 1. The van der Waals surface area contributed by atoms with E-state index in [4.69, 9.17) is 10.5 Å². The summed E-state index contributed by atoms with van der Waals surface area (Å²) < 4.78 is 33.6. The summed E-state index contributed by atoms with van der Waals surface area (Å²) in [6, 6.07) is 3.08. The number of benzene rings is 1. The lowest BCUT2D eigenvalue weighted by atomic mass is 9.97. The molecule has 0 spiro atoms. The first-order valence-corrected chi connectivity index (χ1v) is 6.47. The van der Waals surface area contributed by atoms with Crippen molar-refractivity contribution in [2.45, 2.75) is 12.5 Å².